The Morgan fingerprint density at radius 2 is 2.39 bits per heavy atom. The summed E-state index contributed by atoms with van der Waals surface area (Å²) in [5.74, 6) is -0.224. The van der Waals surface area contributed by atoms with Crippen LogP contribution in [0.4, 0.5) is 0 Å². The molecule has 1 aromatic heterocycles. The largest absolute Gasteiger partial charge is 0.354 e. The van der Waals surface area contributed by atoms with Gasteiger partial charge in [0.2, 0.25) is 11.8 Å². The van der Waals surface area contributed by atoms with Crippen molar-refractivity contribution in [2.24, 2.45) is 0 Å². The fourth-order valence-corrected chi connectivity index (χ4v) is 3.20. The molecule has 5 nitrogen and oxygen atoms in total. The maximum atomic E-state index is 11.9. The van der Waals surface area contributed by atoms with E-state index in [0.29, 0.717) is 16.9 Å². The molecule has 0 spiro atoms. The SMILES string of the molecule is Cc1[nH]c(=S)sc1CC(=O)NC1CCCNC1=O. The number of rotatable bonds is 3. The summed E-state index contributed by atoms with van der Waals surface area (Å²) in [5.41, 5.74) is 0.924. The summed E-state index contributed by atoms with van der Waals surface area (Å²) in [7, 11) is 0. The topological polar surface area (TPSA) is 74.0 Å². The summed E-state index contributed by atoms with van der Waals surface area (Å²) in [5, 5.41) is 5.50. The highest BCUT2D eigenvalue weighted by molar-refractivity contribution is 7.73. The maximum absolute atomic E-state index is 11.9. The van der Waals surface area contributed by atoms with E-state index in [4.69, 9.17) is 12.2 Å². The van der Waals surface area contributed by atoms with Gasteiger partial charge in [0.05, 0.1) is 6.42 Å². The Balaban J connectivity index is 1.94. The summed E-state index contributed by atoms with van der Waals surface area (Å²) in [6, 6.07) is -0.390. The van der Waals surface area contributed by atoms with E-state index in [2.05, 4.69) is 15.6 Å². The van der Waals surface area contributed by atoms with Crippen LogP contribution >= 0.6 is 23.6 Å². The van der Waals surface area contributed by atoms with Crippen LogP contribution in [0.15, 0.2) is 0 Å². The smallest absolute Gasteiger partial charge is 0.242 e. The first kappa shape index (κ1) is 13.2. The van der Waals surface area contributed by atoms with Gasteiger partial charge in [-0.3, -0.25) is 9.59 Å². The quantitative estimate of drug-likeness (QED) is 0.727. The molecule has 1 aliphatic heterocycles. The molecular formula is C11H15N3O2S2. The van der Waals surface area contributed by atoms with E-state index in [1.165, 1.54) is 11.3 Å². The van der Waals surface area contributed by atoms with Crippen LogP contribution < -0.4 is 10.6 Å². The normalized spacial score (nSPS) is 19.4. The third kappa shape index (κ3) is 3.17. The van der Waals surface area contributed by atoms with Gasteiger partial charge in [0.1, 0.15) is 6.04 Å². The fourth-order valence-electron chi connectivity index (χ4n) is 1.91. The lowest BCUT2D eigenvalue weighted by molar-refractivity contribution is -0.129. The van der Waals surface area contributed by atoms with Gasteiger partial charge in [-0.05, 0) is 32.0 Å². The molecule has 1 saturated heterocycles. The van der Waals surface area contributed by atoms with E-state index in [-0.39, 0.29) is 18.2 Å². The van der Waals surface area contributed by atoms with Crippen molar-refractivity contribution in [2.45, 2.75) is 32.2 Å². The van der Waals surface area contributed by atoms with Crippen LogP contribution in [0.2, 0.25) is 0 Å². The first-order valence-corrected chi connectivity index (χ1v) is 7.04. The number of aromatic amines is 1. The number of piperidine rings is 1. The van der Waals surface area contributed by atoms with Crippen LogP contribution in [0.1, 0.15) is 23.4 Å². The van der Waals surface area contributed by atoms with Crippen LogP contribution in [0, 0.1) is 10.9 Å². The molecule has 1 unspecified atom stereocenters. The van der Waals surface area contributed by atoms with Gasteiger partial charge < -0.3 is 15.6 Å². The van der Waals surface area contributed by atoms with Gasteiger partial charge in [-0.15, -0.1) is 11.3 Å². The van der Waals surface area contributed by atoms with Crippen molar-refractivity contribution < 1.29 is 9.59 Å². The standard InChI is InChI=1S/C11H15N3O2S2/c1-6-8(18-11(17)13-6)5-9(15)14-7-3-2-4-12-10(7)16/h7H,2-5H2,1H3,(H,12,16)(H,13,17)(H,14,15). The molecule has 2 heterocycles. The molecule has 7 heteroatoms. The van der Waals surface area contributed by atoms with Crippen molar-refractivity contribution in [3.63, 3.8) is 0 Å². The Morgan fingerprint density at radius 3 is 3.00 bits per heavy atom. The number of H-pyrrole nitrogens is 1. The molecule has 0 saturated carbocycles. The number of aromatic nitrogens is 1. The number of carbonyl (C=O) groups excluding carboxylic acids is 2. The van der Waals surface area contributed by atoms with Crippen LogP contribution in [0.25, 0.3) is 0 Å². The maximum Gasteiger partial charge on any atom is 0.242 e. The van der Waals surface area contributed by atoms with Crippen molar-refractivity contribution in [1.29, 1.82) is 0 Å². The van der Waals surface area contributed by atoms with Gasteiger partial charge in [0, 0.05) is 17.1 Å². The number of hydrogen-bond acceptors (Lipinski definition) is 4. The second kappa shape index (κ2) is 5.62. The van der Waals surface area contributed by atoms with E-state index in [1.54, 1.807) is 0 Å². The fraction of sp³-hybridized carbons (Fsp3) is 0.545. The molecule has 0 bridgehead atoms. The van der Waals surface area contributed by atoms with Crippen LogP contribution in [-0.4, -0.2) is 29.4 Å². The third-order valence-electron chi connectivity index (χ3n) is 2.87. The molecule has 2 rings (SSSR count). The van der Waals surface area contributed by atoms with Gasteiger partial charge in [0.15, 0.2) is 3.95 Å². The van der Waals surface area contributed by atoms with E-state index in [1.807, 2.05) is 6.92 Å². The van der Waals surface area contributed by atoms with E-state index < -0.39 is 6.04 Å². The Morgan fingerprint density at radius 1 is 1.61 bits per heavy atom. The molecule has 3 N–H and O–H groups in total. The summed E-state index contributed by atoms with van der Waals surface area (Å²) in [4.78, 5) is 27.3. The van der Waals surface area contributed by atoms with Crippen molar-refractivity contribution in [3.8, 4) is 0 Å². The van der Waals surface area contributed by atoms with Crippen molar-refractivity contribution >= 4 is 35.4 Å². The first-order chi connectivity index (χ1) is 8.56. The monoisotopic (exact) mass is 285 g/mol. The highest BCUT2D eigenvalue weighted by Crippen LogP contribution is 2.15. The molecular weight excluding hydrogens is 270 g/mol. The van der Waals surface area contributed by atoms with Gasteiger partial charge in [-0.1, -0.05) is 0 Å². The summed E-state index contributed by atoms with van der Waals surface area (Å²) >= 11 is 6.42. The van der Waals surface area contributed by atoms with Crippen LogP contribution in [-0.2, 0) is 16.0 Å². The average Bonchev–Trinajstić information content (AvgIpc) is 2.61. The predicted molar refractivity (Wildman–Crippen MR) is 72.1 cm³/mol. The van der Waals surface area contributed by atoms with E-state index in [9.17, 15) is 9.59 Å². The second-order valence-corrected chi connectivity index (χ2v) is 6.06. The van der Waals surface area contributed by atoms with Gasteiger partial charge in [-0.2, -0.15) is 0 Å². The molecule has 0 radical (unpaired) electrons. The lowest BCUT2D eigenvalue weighted by Gasteiger charge is -2.22. The zero-order chi connectivity index (χ0) is 13.1. The van der Waals surface area contributed by atoms with E-state index >= 15 is 0 Å². The molecule has 98 valence electrons. The Bertz CT molecular complexity index is 521. The second-order valence-electron chi connectivity index (χ2n) is 4.29. The third-order valence-corrected chi connectivity index (χ3v) is 4.20. The van der Waals surface area contributed by atoms with E-state index in [0.717, 1.165) is 17.0 Å². The highest BCUT2D eigenvalue weighted by atomic mass is 32.1. The highest BCUT2D eigenvalue weighted by Gasteiger charge is 2.23. The van der Waals surface area contributed by atoms with Crippen LogP contribution in [0.3, 0.4) is 0 Å². The number of nitrogens with one attached hydrogen (secondary N) is 3. The Labute approximate surface area is 114 Å². The zero-order valence-corrected chi connectivity index (χ0v) is 11.7. The van der Waals surface area contributed by atoms with Gasteiger partial charge in [0.25, 0.3) is 0 Å². The molecule has 2 amide bonds. The van der Waals surface area contributed by atoms with Crippen molar-refractivity contribution in [3.05, 3.63) is 14.5 Å². The van der Waals surface area contributed by atoms with Gasteiger partial charge >= 0.3 is 0 Å². The minimum absolute atomic E-state index is 0.0898. The Hall–Kier alpha value is -1.21. The first-order valence-electron chi connectivity index (χ1n) is 5.82. The molecule has 0 aliphatic carbocycles. The molecule has 18 heavy (non-hydrogen) atoms. The van der Waals surface area contributed by atoms with Crippen LogP contribution in [0.5, 0.6) is 0 Å². The molecule has 0 aromatic carbocycles. The molecule has 1 aromatic rings. The van der Waals surface area contributed by atoms with Crippen molar-refractivity contribution in [1.82, 2.24) is 15.6 Å². The summed E-state index contributed by atoms with van der Waals surface area (Å²) in [6.45, 7) is 2.59. The number of thiazole rings is 1. The average molecular weight is 285 g/mol. The number of aryl methyl sites for hydroxylation is 1. The minimum atomic E-state index is -0.390. The Kier molecular flexibility index (Phi) is 4.13. The number of carbonyl (C=O) groups is 2. The lowest BCUT2D eigenvalue weighted by atomic mass is 10.1. The molecule has 1 fully saturated rings. The van der Waals surface area contributed by atoms with Gasteiger partial charge in [-0.25, -0.2) is 0 Å². The number of amides is 2. The lowest BCUT2D eigenvalue weighted by Crippen LogP contribution is -2.50. The summed E-state index contributed by atoms with van der Waals surface area (Å²) in [6.07, 6.45) is 1.88. The zero-order valence-electron chi connectivity index (χ0n) is 10.0. The predicted octanol–water partition coefficient (Wildman–Crippen LogP) is 1.05. The summed E-state index contributed by atoms with van der Waals surface area (Å²) < 4.78 is 0.672. The number of hydrogen-bond donors (Lipinski definition) is 3. The minimum Gasteiger partial charge on any atom is -0.354 e. The molecule has 1 aliphatic rings. The molecule has 1 atom stereocenters. The van der Waals surface area contributed by atoms with Crippen molar-refractivity contribution in [2.75, 3.05) is 6.54 Å².